The molecule has 0 aliphatic carbocycles. The fraction of sp³-hybridized carbons (Fsp3) is 0.462. The lowest BCUT2D eigenvalue weighted by Crippen LogP contribution is -2.36. The number of nitrogens with one attached hydrogen (secondary N) is 1. The molecule has 1 rings (SSSR count). The zero-order valence-electron chi connectivity index (χ0n) is 10.5. The highest BCUT2D eigenvalue weighted by Gasteiger charge is 2.16. The van der Waals surface area contributed by atoms with Crippen LogP contribution >= 0.6 is 0 Å². The molecule has 4 N–H and O–H groups in total. The molecule has 1 amide bonds. The maximum absolute atomic E-state index is 11.8. The zero-order chi connectivity index (χ0) is 13.0. The molecule has 1 atom stereocenters. The largest absolute Gasteiger partial charge is 0.505 e. The van der Waals surface area contributed by atoms with Crippen molar-refractivity contribution < 1.29 is 9.90 Å². The van der Waals surface area contributed by atoms with Crippen LogP contribution in [0.15, 0.2) is 18.2 Å². The molecule has 0 aliphatic heterocycles. The zero-order valence-corrected chi connectivity index (χ0v) is 10.5. The van der Waals surface area contributed by atoms with E-state index in [1.165, 1.54) is 0 Å². The number of nitrogens with two attached hydrogens (primary N) is 1. The number of aryl methyl sites for hydroxylation is 1. The number of anilines is 1. The second-order valence-electron chi connectivity index (χ2n) is 4.70. The summed E-state index contributed by atoms with van der Waals surface area (Å²) >= 11 is 0. The summed E-state index contributed by atoms with van der Waals surface area (Å²) < 4.78 is 0. The van der Waals surface area contributed by atoms with Crippen molar-refractivity contribution in [2.75, 3.05) is 5.32 Å². The fourth-order valence-electron chi connectivity index (χ4n) is 1.60. The first-order valence-electron chi connectivity index (χ1n) is 5.76. The monoisotopic (exact) mass is 236 g/mol. The van der Waals surface area contributed by atoms with Crippen LogP contribution in [0, 0.1) is 12.8 Å². The lowest BCUT2D eigenvalue weighted by atomic mass is 10.0. The van der Waals surface area contributed by atoms with E-state index in [1.54, 1.807) is 25.1 Å². The van der Waals surface area contributed by atoms with Gasteiger partial charge in [0.25, 0.3) is 0 Å². The van der Waals surface area contributed by atoms with Gasteiger partial charge in [0, 0.05) is 0 Å². The van der Waals surface area contributed by atoms with E-state index in [0.29, 0.717) is 18.0 Å². The normalized spacial score (nSPS) is 12.5. The maximum Gasteiger partial charge on any atom is 0.241 e. The van der Waals surface area contributed by atoms with Gasteiger partial charge in [-0.2, -0.15) is 0 Å². The quantitative estimate of drug-likeness (QED) is 0.700. The Bertz CT molecular complexity index is 402. The molecular weight excluding hydrogens is 216 g/mol. The van der Waals surface area contributed by atoms with Gasteiger partial charge in [0.15, 0.2) is 0 Å². The average Bonchev–Trinajstić information content (AvgIpc) is 2.23. The minimum atomic E-state index is -0.546. The van der Waals surface area contributed by atoms with Crippen molar-refractivity contribution in [2.24, 2.45) is 11.7 Å². The number of rotatable bonds is 4. The molecule has 0 aliphatic rings. The molecular formula is C13H20N2O2. The van der Waals surface area contributed by atoms with Crippen LogP contribution in [0.3, 0.4) is 0 Å². The molecule has 0 saturated heterocycles. The summed E-state index contributed by atoms with van der Waals surface area (Å²) in [6, 6.07) is 4.66. The van der Waals surface area contributed by atoms with Crippen LogP contribution in [0.25, 0.3) is 0 Å². The molecule has 17 heavy (non-hydrogen) atoms. The number of carbonyl (C=O) groups excluding carboxylic acids is 1. The molecule has 0 saturated carbocycles. The molecule has 0 bridgehead atoms. The molecule has 1 aromatic carbocycles. The third-order valence-electron chi connectivity index (χ3n) is 2.56. The molecule has 0 radical (unpaired) electrons. The van der Waals surface area contributed by atoms with Gasteiger partial charge in [-0.15, -0.1) is 0 Å². The minimum Gasteiger partial charge on any atom is -0.505 e. The number of hydrogen-bond acceptors (Lipinski definition) is 3. The molecule has 94 valence electrons. The standard InChI is InChI=1S/C13H20N2O2/c1-8(2)7-10(14)13(17)15-11-6-4-5-9(3)12(11)16/h4-6,8,10,16H,7,14H2,1-3H3,(H,15,17)/t10-/m0/s1. The van der Waals surface area contributed by atoms with Crippen LogP contribution in [0.5, 0.6) is 5.75 Å². The number of amides is 1. The molecule has 0 fully saturated rings. The van der Waals surface area contributed by atoms with Gasteiger partial charge in [-0.3, -0.25) is 4.79 Å². The van der Waals surface area contributed by atoms with Gasteiger partial charge >= 0.3 is 0 Å². The minimum absolute atomic E-state index is 0.0950. The van der Waals surface area contributed by atoms with E-state index in [2.05, 4.69) is 5.32 Å². The van der Waals surface area contributed by atoms with E-state index in [0.717, 1.165) is 5.56 Å². The predicted molar refractivity (Wildman–Crippen MR) is 68.9 cm³/mol. The van der Waals surface area contributed by atoms with E-state index in [-0.39, 0.29) is 11.7 Å². The van der Waals surface area contributed by atoms with Crippen LogP contribution in [0.1, 0.15) is 25.8 Å². The second kappa shape index (κ2) is 5.68. The number of phenolic OH excluding ortho intramolecular Hbond substituents is 1. The van der Waals surface area contributed by atoms with Gasteiger partial charge in [-0.25, -0.2) is 0 Å². The third kappa shape index (κ3) is 3.75. The van der Waals surface area contributed by atoms with Gasteiger partial charge in [-0.1, -0.05) is 26.0 Å². The first-order valence-corrected chi connectivity index (χ1v) is 5.76. The molecule has 0 spiro atoms. The Morgan fingerprint density at radius 2 is 2.12 bits per heavy atom. The van der Waals surface area contributed by atoms with Crippen LogP contribution < -0.4 is 11.1 Å². The average molecular weight is 236 g/mol. The van der Waals surface area contributed by atoms with Gasteiger partial charge in [0.05, 0.1) is 11.7 Å². The van der Waals surface area contributed by atoms with Crippen LogP contribution in [0.2, 0.25) is 0 Å². The predicted octanol–water partition coefficient (Wildman–Crippen LogP) is 2.01. The summed E-state index contributed by atoms with van der Waals surface area (Å²) in [7, 11) is 0. The highest BCUT2D eigenvalue weighted by Crippen LogP contribution is 2.26. The Balaban J connectivity index is 2.71. The molecule has 0 unspecified atom stereocenters. The molecule has 0 heterocycles. The van der Waals surface area contributed by atoms with Crippen molar-refractivity contribution in [3.63, 3.8) is 0 Å². The topological polar surface area (TPSA) is 75.4 Å². The summed E-state index contributed by atoms with van der Waals surface area (Å²) in [4.78, 5) is 11.8. The molecule has 1 aromatic rings. The lowest BCUT2D eigenvalue weighted by Gasteiger charge is -2.15. The van der Waals surface area contributed by atoms with E-state index in [1.807, 2.05) is 13.8 Å². The SMILES string of the molecule is Cc1cccc(NC(=O)[C@@H](N)CC(C)C)c1O. The van der Waals surface area contributed by atoms with Crippen LogP contribution in [0.4, 0.5) is 5.69 Å². The van der Waals surface area contributed by atoms with Crippen molar-refractivity contribution >= 4 is 11.6 Å². The Hall–Kier alpha value is -1.55. The number of para-hydroxylation sites is 1. The Kier molecular flexibility index (Phi) is 4.52. The van der Waals surface area contributed by atoms with Gasteiger partial charge in [0.1, 0.15) is 5.75 Å². The van der Waals surface area contributed by atoms with Crippen molar-refractivity contribution in [3.05, 3.63) is 23.8 Å². The number of aromatic hydroxyl groups is 1. The summed E-state index contributed by atoms with van der Waals surface area (Å²) in [5, 5.41) is 12.4. The van der Waals surface area contributed by atoms with Crippen LogP contribution in [-0.4, -0.2) is 17.1 Å². The van der Waals surface area contributed by atoms with E-state index >= 15 is 0 Å². The number of carbonyl (C=O) groups is 1. The Labute approximate surface area is 102 Å². The fourth-order valence-corrected chi connectivity index (χ4v) is 1.60. The summed E-state index contributed by atoms with van der Waals surface area (Å²) in [5.41, 5.74) is 6.89. The first kappa shape index (κ1) is 13.5. The highest BCUT2D eigenvalue weighted by molar-refractivity contribution is 5.96. The van der Waals surface area contributed by atoms with E-state index in [9.17, 15) is 9.90 Å². The van der Waals surface area contributed by atoms with Crippen molar-refractivity contribution in [1.82, 2.24) is 0 Å². The summed E-state index contributed by atoms with van der Waals surface area (Å²) in [6.07, 6.45) is 0.623. The van der Waals surface area contributed by atoms with Crippen molar-refractivity contribution in [2.45, 2.75) is 33.2 Å². The number of benzene rings is 1. The Morgan fingerprint density at radius 1 is 1.47 bits per heavy atom. The van der Waals surface area contributed by atoms with Gasteiger partial charge in [0.2, 0.25) is 5.91 Å². The van der Waals surface area contributed by atoms with Crippen LogP contribution in [-0.2, 0) is 4.79 Å². The lowest BCUT2D eigenvalue weighted by molar-refractivity contribution is -0.117. The van der Waals surface area contributed by atoms with Gasteiger partial charge < -0.3 is 16.2 Å². The smallest absolute Gasteiger partial charge is 0.241 e. The highest BCUT2D eigenvalue weighted by atomic mass is 16.3. The maximum atomic E-state index is 11.8. The number of phenols is 1. The van der Waals surface area contributed by atoms with Crippen molar-refractivity contribution in [1.29, 1.82) is 0 Å². The second-order valence-corrected chi connectivity index (χ2v) is 4.70. The molecule has 4 heteroatoms. The Morgan fingerprint density at radius 3 is 2.71 bits per heavy atom. The summed E-state index contributed by atoms with van der Waals surface area (Å²) in [6.45, 7) is 5.80. The number of hydrogen-bond donors (Lipinski definition) is 3. The molecule has 0 aromatic heterocycles. The third-order valence-corrected chi connectivity index (χ3v) is 2.56. The first-order chi connectivity index (χ1) is 7.91. The van der Waals surface area contributed by atoms with E-state index in [4.69, 9.17) is 5.73 Å². The van der Waals surface area contributed by atoms with Gasteiger partial charge in [-0.05, 0) is 30.9 Å². The molecule has 4 nitrogen and oxygen atoms in total. The van der Waals surface area contributed by atoms with E-state index < -0.39 is 6.04 Å². The summed E-state index contributed by atoms with van der Waals surface area (Å²) in [5.74, 6) is 0.194. The van der Waals surface area contributed by atoms with Crippen molar-refractivity contribution in [3.8, 4) is 5.75 Å².